The lowest BCUT2D eigenvalue weighted by Crippen LogP contribution is -2.24. The second-order valence-electron chi connectivity index (χ2n) is 8.61. The van der Waals surface area contributed by atoms with Crippen LogP contribution in [0.2, 0.25) is 0 Å². The number of nitrogens with zero attached hydrogens (tertiary/aromatic N) is 1. The Kier molecular flexibility index (Phi) is 7.73. The molecule has 0 aromatic heterocycles. The Morgan fingerprint density at radius 1 is 0.970 bits per heavy atom. The lowest BCUT2D eigenvalue weighted by Gasteiger charge is -2.29. The van der Waals surface area contributed by atoms with E-state index >= 15 is 0 Å². The zero-order valence-electron chi connectivity index (χ0n) is 18.4. The summed E-state index contributed by atoms with van der Waals surface area (Å²) in [6, 6.07) is 4.51. The van der Waals surface area contributed by atoms with E-state index < -0.39 is 46.6 Å². The number of rotatable bonds is 7. The van der Waals surface area contributed by atoms with Crippen LogP contribution >= 0.6 is 0 Å². The van der Waals surface area contributed by atoms with Crippen molar-refractivity contribution < 1.29 is 31.1 Å². The molecule has 0 amide bonds. The fourth-order valence-electron chi connectivity index (χ4n) is 4.58. The molecule has 3 rings (SSSR count). The van der Waals surface area contributed by atoms with Crippen LogP contribution in [0.25, 0.3) is 0 Å². The molecule has 33 heavy (non-hydrogen) atoms. The van der Waals surface area contributed by atoms with Gasteiger partial charge in [0, 0.05) is 0 Å². The van der Waals surface area contributed by atoms with Gasteiger partial charge in [0.2, 0.25) is 0 Å². The lowest BCUT2D eigenvalue weighted by atomic mass is 9.77. The SMILES string of the molecule is CCCC1CCC(c2cc(F)c(C(F)(F)OC(C)c3cc(F)c(C#N)c(F)c3)c(F)c2)CC1. The molecular formula is C25H25F6NO. The third-order valence-electron chi connectivity index (χ3n) is 6.34. The largest absolute Gasteiger partial charge is 0.389 e. The van der Waals surface area contributed by atoms with Crippen molar-refractivity contribution in [2.24, 2.45) is 5.92 Å². The monoisotopic (exact) mass is 469 g/mol. The summed E-state index contributed by atoms with van der Waals surface area (Å²) in [5.41, 5.74) is -2.42. The highest BCUT2D eigenvalue weighted by Gasteiger charge is 2.42. The van der Waals surface area contributed by atoms with Gasteiger partial charge in [-0.3, -0.25) is 0 Å². The molecule has 1 fully saturated rings. The van der Waals surface area contributed by atoms with E-state index in [-0.39, 0.29) is 11.5 Å². The molecule has 0 spiro atoms. The van der Waals surface area contributed by atoms with E-state index in [0.29, 0.717) is 23.6 Å². The van der Waals surface area contributed by atoms with Crippen LogP contribution in [0.15, 0.2) is 24.3 Å². The zero-order chi connectivity index (χ0) is 24.3. The number of halogens is 6. The summed E-state index contributed by atoms with van der Waals surface area (Å²) in [7, 11) is 0. The quantitative estimate of drug-likeness (QED) is 0.385. The molecule has 1 unspecified atom stereocenters. The topological polar surface area (TPSA) is 33.0 Å². The summed E-state index contributed by atoms with van der Waals surface area (Å²) in [4.78, 5) is 0. The van der Waals surface area contributed by atoms with Crippen LogP contribution < -0.4 is 0 Å². The Balaban J connectivity index is 1.80. The molecule has 0 bridgehead atoms. The van der Waals surface area contributed by atoms with Crippen molar-refractivity contribution in [1.82, 2.24) is 0 Å². The minimum absolute atomic E-state index is 0.103. The van der Waals surface area contributed by atoms with E-state index in [9.17, 15) is 26.3 Å². The van der Waals surface area contributed by atoms with Crippen LogP contribution in [0.3, 0.4) is 0 Å². The molecule has 2 aromatic carbocycles. The maximum Gasteiger partial charge on any atom is 0.389 e. The van der Waals surface area contributed by atoms with Crippen molar-refractivity contribution >= 4 is 0 Å². The molecule has 1 aliphatic carbocycles. The Morgan fingerprint density at radius 2 is 1.52 bits per heavy atom. The number of hydrogen-bond acceptors (Lipinski definition) is 2. The predicted molar refractivity (Wildman–Crippen MR) is 110 cm³/mol. The van der Waals surface area contributed by atoms with Crippen molar-refractivity contribution in [3.05, 3.63) is 69.8 Å². The van der Waals surface area contributed by atoms with Crippen LogP contribution in [-0.2, 0) is 10.8 Å². The Bertz CT molecular complexity index is 994. The van der Waals surface area contributed by atoms with Gasteiger partial charge in [0.15, 0.2) is 0 Å². The van der Waals surface area contributed by atoms with Gasteiger partial charge in [-0.05, 0) is 79.8 Å². The Morgan fingerprint density at radius 3 is 2.00 bits per heavy atom. The number of alkyl halides is 2. The number of benzene rings is 2. The van der Waals surface area contributed by atoms with Gasteiger partial charge >= 0.3 is 6.11 Å². The minimum atomic E-state index is -4.40. The molecule has 0 heterocycles. The van der Waals surface area contributed by atoms with E-state index in [4.69, 9.17) is 5.26 Å². The molecular weight excluding hydrogens is 444 g/mol. The van der Waals surface area contributed by atoms with Crippen molar-refractivity contribution in [2.75, 3.05) is 0 Å². The first-order valence-corrected chi connectivity index (χ1v) is 11.0. The number of ether oxygens (including phenoxy) is 1. The number of hydrogen-bond donors (Lipinski definition) is 0. The second-order valence-corrected chi connectivity index (χ2v) is 8.61. The maximum atomic E-state index is 14.7. The van der Waals surface area contributed by atoms with Gasteiger partial charge in [0.1, 0.15) is 40.5 Å². The van der Waals surface area contributed by atoms with Crippen molar-refractivity contribution in [1.29, 1.82) is 5.26 Å². The first-order valence-electron chi connectivity index (χ1n) is 11.0. The minimum Gasteiger partial charge on any atom is -0.309 e. The summed E-state index contributed by atoms with van der Waals surface area (Å²) >= 11 is 0. The van der Waals surface area contributed by atoms with Gasteiger partial charge in [-0.25, -0.2) is 17.6 Å². The van der Waals surface area contributed by atoms with Gasteiger partial charge in [-0.15, -0.1) is 0 Å². The smallest absolute Gasteiger partial charge is 0.309 e. The van der Waals surface area contributed by atoms with Crippen molar-refractivity contribution in [3.63, 3.8) is 0 Å². The Labute approximate surface area is 189 Å². The van der Waals surface area contributed by atoms with E-state index in [2.05, 4.69) is 11.7 Å². The molecule has 8 heteroatoms. The van der Waals surface area contributed by atoms with Gasteiger partial charge in [0.05, 0.1) is 6.10 Å². The van der Waals surface area contributed by atoms with Crippen LogP contribution in [0.5, 0.6) is 0 Å². The molecule has 0 radical (unpaired) electrons. The zero-order valence-corrected chi connectivity index (χ0v) is 18.4. The van der Waals surface area contributed by atoms with Crippen molar-refractivity contribution in [3.8, 4) is 6.07 Å². The molecule has 0 saturated heterocycles. The molecule has 2 nitrogen and oxygen atoms in total. The summed E-state index contributed by atoms with van der Waals surface area (Å²) in [6.45, 7) is 3.17. The standard InChI is InChI=1S/C25H25F6NO/c1-3-4-15-5-7-16(8-6-15)18-11-22(28)24(23(29)12-18)25(30,31)33-14(2)17-9-20(26)19(13-32)21(27)10-17/h9-12,14-16H,3-8H2,1-2H3. The fraction of sp³-hybridized carbons (Fsp3) is 0.480. The molecule has 0 N–H and O–H groups in total. The van der Waals surface area contributed by atoms with E-state index in [1.807, 2.05) is 0 Å². The highest BCUT2D eigenvalue weighted by Crippen LogP contribution is 2.42. The highest BCUT2D eigenvalue weighted by atomic mass is 19.3. The summed E-state index contributed by atoms with van der Waals surface area (Å²) in [6.07, 6.45) is -0.511. The van der Waals surface area contributed by atoms with Crippen LogP contribution in [-0.4, -0.2) is 0 Å². The maximum absolute atomic E-state index is 14.7. The molecule has 1 saturated carbocycles. The normalized spacial score (nSPS) is 19.8. The van der Waals surface area contributed by atoms with Gasteiger partial charge in [-0.1, -0.05) is 19.8 Å². The fourth-order valence-corrected chi connectivity index (χ4v) is 4.58. The second kappa shape index (κ2) is 10.2. The van der Waals surface area contributed by atoms with E-state index in [1.54, 1.807) is 0 Å². The first kappa shape index (κ1) is 25.1. The van der Waals surface area contributed by atoms with Gasteiger partial charge in [0.25, 0.3) is 0 Å². The molecule has 1 atom stereocenters. The Hall–Kier alpha value is -2.53. The highest BCUT2D eigenvalue weighted by molar-refractivity contribution is 5.36. The van der Waals surface area contributed by atoms with Gasteiger partial charge < -0.3 is 4.74 Å². The number of nitriles is 1. The van der Waals surface area contributed by atoms with Gasteiger partial charge in [-0.2, -0.15) is 14.0 Å². The molecule has 178 valence electrons. The summed E-state index contributed by atoms with van der Waals surface area (Å²) in [5.74, 6) is -4.89. The average molecular weight is 469 g/mol. The molecule has 0 aliphatic heterocycles. The van der Waals surface area contributed by atoms with Crippen LogP contribution in [0, 0.1) is 40.5 Å². The van der Waals surface area contributed by atoms with Crippen LogP contribution in [0.4, 0.5) is 26.3 Å². The summed E-state index contributed by atoms with van der Waals surface area (Å²) in [5, 5.41) is 8.71. The van der Waals surface area contributed by atoms with E-state index in [1.165, 1.54) is 6.07 Å². The van der Waals surface area contributed by atoms with Crippen LogP contribution in [0.1, 0.15) is 86.6 Å². The average Bonchev–Trinajstić information content (AvgIpc) is 2.73. The van der Waals surface area contributed by atoms with E-state index in [0.717, 1.165) is 57.6 Å². The third-order valence-corrected chi connectivity index (χ3v) is 6.34. The van der Waals surface area contributed by atoms with Crippen molar-refractivity contribution in [2.45, 2.75) is 70.5 Å². The predicted octanol–water partition coefficient (Wildman–Crippen LogP) is 8.02. The third kappa shape index (κ3) is 5.52. The first-order chi connectivity index (χ1) is 15.6. The molecule has 2 aromatic rings. The molecule has 1 aliphatic rings. The summed E-state index contributed by atoms with van der Waals surface area (Å²) < 4.78 is 91.0. The lowest BCUT2D eigenvalue weighted by molar-refractivity contribution is -0.275.